The minimum Gasteiger partial charge on any atom is -0.382 e. The Labute approximate surface area is 111 Å². The fourth-order valence-corrected chi connectivity index (χ4v) is 2.19. The average molecular weight is 247 g/mol. The predicted molar refractivity (Wildman–Crippen MR) is 76.1 cm³/mol. The van der Waals surface area contributed by atoms with E-state index in [0.717, 1.165) is 32.2 Å². The van der Waals surface area contributed by atoms with E-state index < -0.39 is 0 Å². The number of hydrogen-bond donors (Lipinski definition) is 1. The zero-order chi connectivity index (χ0) is 12.8. The first kappa shape index (κ1) is 13.6. The Morgan fingerprint density at radius 2 is 2.00 bits per heavy atom. The van der Waals surface area contributed by atoms with Crippen LogP contribution in [0.4, 0.5) is 0 Å². The Morgan fingerprint density at radius 1 is 1.28 bits per heavy atom. The first-order valence-electron chi connectivity index (χ1n) is 7.17. The number of nitrogens with one attached hydrogen (secondary N) is 1. The van der Waals surface area contributed by atoms with Gasteiger partial charge in [-0.3, -0.25) is 0 Å². The van der Waals surface area contributed by atoms with E-state index in [2.05, 4.69) is 43.4 Å². The molecule has 1 aliphatic rings. The lowest BCUT2D eigenvalue weighted by Crippen LogP contribution is -2.24. The first-order chi connectivity index (χ1) is 8.79. The van der Waals surface area contributed by atoms with Crippen molar-refractivity contribution in [3.05, 3.63) is 35.4 Å². The number of hydrogen-bond acceptors (Lipinski definition) is 2. The average Bonchev–Trinajstić information content (AvgIpc) is 3.19. The lowest BCUT2D eigenvalue weighted by atomic mass is 9.95. The molecule has 1 unspecified atom stereocenters. The van der Waals surface area contributed by atoms with Gasteiger partial charge in [0.05, 0.1) is 0 Å². The molecule has 0 saturated heterocycles. The van der Waals surface area contributed by atoms with Crippen LogP contribution in [0, 0.1) is 6.92 Å². The molecule has 2 heteroatoms. The molecule has 1 N–H and O–H groups in total. The van der Waals surface area contributed by atoms with Crippen LogP contribution in [-0.4, -0.2) is 25.8 Å². The van der Waals surface area contributed by atoms with Crippen LogP contribution in [0.1, 0.15) is 43.2 Å². The van der Waals surface area contributed by atoms with Gasteiger partial charge >= 0.3 is 0 Å². The van der Waals surface area contributed by atoms with Crippen molar-refractivity contribution in [3.8, 4) is 0 Å². The van der Waals surface area contributed by atoms with Crippen molar-refractivity contribution < 1.29 is 4.74 Å². The molecule has 2 nitrogen and oxygen atoms in total. The van der Waals surface area contributed by atoms with Gasteiger partial charge in [0, 0.05) is 25.8 Å². The zero-order valence-corrected chi connectivity index (χ0v) is 11.6. The van der Waals surface area contributed by atoms with E-state index in [0.29, 0.717) is 5.92 Å². The van der Waals surface area contributed by atoms with Crippen molar-refractivity contribution >= 4 is 0 Å². The van der Waals surface area contributed by atoms with Gasteiger partial charge in [-0.05, 0) is 44.6 Å². The van der Waals surface area contributed by atoms with Crippen LogP contribution in [0.15, 0.2) is 24.3 Å². The van der Waals surface area contributed by atoms with Crippen molar-refractivity contribution in [1.29, 1.82) is 0 Å². The molecule has 1 aromatic rings. The summed E-state index contributed by atoms with van der Waals surface area (Å²) in [6, 6.07) is 9.73. The molecular weight excluding hydrogens is 222 g/mol. The molecule has 1 fully saturated rings. The summed E-state index contributed by atoms with van der Waals surface area (Å²) in [4.78, 5) is 0. The standard InChI is InChI=1S/C16H25NO/c1-3-18-11-10-15(12-17-16-8-9-16)14-6-4-13(2)5-7-14/h4-7,15-17H,3,8-12H2,1-2H3. The van der Waals surface area contributed by atoms with Crippen molar-refractivity contribution in [2.24, 2.45) is 0 Å². The molecule has 1 aliphatic carbocycles. The summed E-state index contributed by atoms with van der Waals surface area (Å²) in [6.07, 6.45) is 3.81. The summed E-state index contributed by atoms with van der Waals surface area (Å²) in [7, 11) is 0. The van der Waals surface area contributed by atoms with E-state index in [1.165, 1.54) is 24.0 Å². The van der Waals surface area contributed by atoms with Crippen LogP contribution in [0.3, 0.4) is 0 Å². The Balaban J connectivity index is 1.90. The smallest absolute Gasteiger partial charge is 0.0472 e. The van der Waals surface area contributed by atoms with Gasteiger partial charge in [-0.1, -0.05) is 29.8 Å². The minimum atomic E-state index is 0.581. The maximum atomic E-state index is 5.50. The molecule has 0 bridgehead atoms. The monoisotopic (exact) mass is 247 g/mol. The molecule has 1 aromatic carbocycles. The number of ether oxygens (including phenoxy) is 1. The Morgan fingerprint density at radius 3 is 2.61 bits per heavy atom. The third-order valence-electron chi connectivity index (χ3n) is 3.59. The van der Waals surface area contributed by atoms with Gasteiger partial charge in [-0.2, -0.15) is 0 Å². The predicted octanol–water partition coefficient (Wildman–Crippen LogP) is 3.26. The van der Waals surface area contributed by atoms with Crippen molar-refractivity contribution in [2.75, 3.05) is 19.8 Å². The van der Waals surface area contributed by atoms with E-state index in [-0.39, 0.29) is 0 Å². The highest BCUT2D eigenvalue weighted by molar-refractivity contribution is 5.24. The van der Waals surface area contributed by atoms with Crippen molar-refractivity contribution in [2.45, 2.75) is 45.1 Å². The fourth-order valence-electron chi connectivity index (χ4n) is 2.19. The molecule has 0 spiro atoms. The lowest BCUT2D eigenvalue weighted by molar-refractivity contribution is 0.139. The maximum absolute atomic E-state index is 5.50. The zero-order valence-electron chi connectivity index (χ0n) is 11.6. The van der Waals surface area contributed by atoms with Crippen LogP contribution in [-0.2, 0) is 4.74 Å². The Hall–Kier alpha value is -0.860. The van der Waals surface area contributed by atoms with Crippen molar-refractivity contribution in [1.82, 2.24) is 5.32 Å². The summed E-state index contributed by atoms with van der Waals surface area (Å²) in [5, 5.41) is 3.64. The second-order valence-electron chi connectivity index (χ2n) is 5.28. The molecular formula is C16H25NO. The van der Waals surface area contributed by atoms with Gasteiger partial charge < -0.3 is 10.1 Å². The van der Waals surface area contributed by atoms with Crippen LogP contribution in [0.25, 0.3) is 0 Å². The fraction of sp³-hybridized carbons (Fsp3) is 0.625. The van der Waals surface area contributed by atoms with Crippen LogP contribution < -0.4 is 5.32 Å². The lowest BCUT2D eigenvalue weighted by Gasteiger charge is -2.18. The maximum Gasteiger partial charge on any atom is 0.0472 e. The highest BCUT2D eigenvalue weighted by Crippen LogP contribution is 2.23. The summed E-state index contributed by atoms with van der Waals surface area (Å²) in [5.41, 5.74) is 2.77. The summed E-state index contributed by atoms with van der Waals surface area (Å²) < 4.78 is 5.50. The Kier molecular flexibility index (Phi) is 5.21. The molecule has 0 amide bonds. The van der Waals surface area contributed by atoms with E-state index in [4.69, 9.17) is 4.74 Å². The number of aryl methyl sites for hydroxylation is 1. The van der Waals surface area contributed by atoms with Gasteiger partial charge in [-0.15, -0.1) is 0 Å². The van der Waals surface area contributed by atoms with E-state index in [1.807, 2.05) is 0 Å². The second kappa shape index (κ2) is 6.91. The molecule has 0 heterocycles. The van der Waals surface area contributed by atoms with Gasteiger partial charge in [0.15, 0.2) is 0 Å². The second-order valence-corrected chi connectivity index (χ2v) is 5.28. The van der Waals surface area contributed by atoms with E-state index in [1.54, 1.807) is 0 Å². The summed E-state index contributed by atoms with van der Waals surface area (Å²) >= 11 is 0. The minimum absolute atomic E-state index is 0.581. The van der Waals surface area contributed by atoms with Gasteiger partial charge in [0.1, 0.15) is 0 Å². The van der Waals surface area contributed by atoms with Crippen LogP contribution in [0.5, 0.6) is 0 Å². The van der Waals surface area contributed by atoms with E-state index >= 15 is 0 Å². The third-order valence-corrected chi connectivity index (χ3v) is 3.59. The molecule has 18 heavy (non-hydrogen) atoms. The summed E-state index contributed by atoms with van der Waals surface area (Å²) in [6.45, 7) is 6.96. The van der Waals surface area contributed by atoms with Gasteiger partial charge in [0.25, 0.3) is 0 Å². The number of rotatable bonds is 8. The normalized spacial score (nSPS) is 16.8. The van der Waals surface area contributed by atoms with E-state index in [9.17, 15) is 0 Å². The van der Waals surface area contributed by atoms with Gasteiger partial charge in [0.2, 0.25) is 0 Å². The Bertz CT molecular complexity index is 343. The SMILES string of the molecule is CCOCCC(CNC1CC1)c1ccc(C)cc1. The summed E-state index contributed by atoms with van der Waals surface area (Å²) in [5.74, 6) is 0.581. The van der Waals surface area contributed by atoms with Gasteiger partial charge in [-0.25, -0.2) is 0 Å². The molecule has 0 radical (unpaired) electrons. The highest BCUT2D eigenvalue weighted by atomic mass is 16.5. The van der Waals surface area contributed by atoms with Crippen LogP contribution >= 0.6 is 0 Å². The molecule has 0 aliphatic heterocycles. The van der Waals surface area contributed by atoms with Crippen LogP contribution in [0.2, 0.25) is 0 Å². The highest BCUT2D eigenvalue weighted by Gasteiger charge is 2.22. The quantitative estimate of drug-likeness (QED) is 0.712. The third kappa shape index (κ3) is 4.43. The molecule has 2 rings (SSSR count). The largest absolute Gasteiger partial charge is 0.382 e. The topological polar surface area (TPSA) is 21.3 Å². The number of benzene rings is 1. The van der Waals surface area contributed by atoms with Crippen molar-refractivity contribution in [3.63, 3.8) is 0 Å². The molecule has 0 aromatic heterocycles. The molecule has 100 valence electrons. The first-order valence-corrected chi connectivity index (χ1v) is 7.17. The molecule has 1 saturated carbocycles. The molecule has 1 atom stereocenters.